The van der Waals surface area contributed by atoms with E-state index >= 15 is 0 Å². The van der Waals surface area contributed by atoms with Crippen LogP contribution >= 0.6 is 9.30 Å². The van der Waals surface area contributed by atoms with Crippen molar-refractivity contribution in [1.82, 2.24) is 0 Å². The molecule has 0 spiro atoms. The topological polar surface area (TPSA) is 0 Å². The molecule has 1 aliphatic rings. The fourth-order valence-corrected chi connectivity index (χ4v) is 1.42. The molecular formula is C11H11ClTi. The molecule has 66 valence electrons. The van der Waals surface area contributed by atoms with Gasteiger partial charge in [-0.2, -0.15) is 0 Å². The molecule has 0 fully saturated rings. The summed E-state index contributed by atoms with van der Waals surface area (Å²) in [5.41, 5.74) is 4.17. The molecule has 0 nitrogen and oxygen atoms in total. The van der Waals surface area contributed by atoms with Gasteiger partial charge in [0.2, 0.25) is 0 Å². The SMILES string of the molecule is CCC1=Cc2ccccc2[CH]1.[Cl][Ti]. The minimum atomic E-state index is 1.13. The second kappa shape index (κ2) is 5.64. The number of rotatable bonds is 1. The van der Waals surface area contributed by atoms with Crippen LogP contribution in [0.1, 0.15) is 24.5 Å². The van der Waals surface area contributed by atoms with E-state index in [1.165, 1.54) is 36.1 Å². The second-order valence-corrected chi connectivity index (χ2v) is 2.85. The molecule has 1 aliphatic carbocycles. The average Bonchev–Trinajstić information content (AvgIpc) is 2.63. The molecule has 1 aromatic carbocycles. The van der Waals surface area contributed by atoms with Crippen LogP contribution < -0.4 is 0 Å². The number of hydrogen-bond donors (Lipinski definition) is 0. The van der Waals surface area contributed by atoms with Gasteiger partial charge in [-0.1, -0.05) is 42.8 Å². The van der Waals surface area contributed by atoms with Gasteiger partial charge in [0, 0.05) is 6.42 Å². The molecule has 0 N–H and O–H groups in total. The molecule has 0 aromatic heterocycles. The Morgan fingerprint density at radius 1 is 1.15 bits per heavy atom. The zero-order valence-electron chi connectivity index (χ0n) is 7.55. The van der Waals surface area contributed by atoms with Gasteiger partial charge in [0.05, 0.1) is 0 Å². The van der Waals surface area contributed by atoms with Gasteiger partial charge >= 0.3 is 28.7 Å². The van der Waals surface area contributed by atoms with Crippen LogP contribution in [-0.4, -0.2) is 0 Å². The summed E-state index contributed by atoms with van der Waals surface area (Å²) in [5.74, 6) is 0. The first-order chi connectivity index (χ1) is 6.40. The molecule has 0 atom stereocenters. The Hall–Kier alpha value is -0.0357. The summed E-state index contributed by atoms with van der Waals surface area (Å²) >= 11 is 1.47. The summed E-state index contributed by atoms with van der Waals surface area (Å²) in [4.78, 5) is 0. The first-order valence-corrected chi connectivity index (χ1v) is 6.38. The van der Waals surface area contributed by atoms with Crippen LogP contribution in [0, 0.1) is 6.42 Å². The summed E-state index contributed by atoms with van der Waals surface area (Å²) in [6, 6.07) is 8.49. The molecule has 0 amide bonds. The van der Waals surface area contributed by atoms with Crippen LogP contribution in [0.4, 0.5) is 0 Å². The van der Waals surface area contributed by atoms with Gasteiger partial charge in [-0.3, -0.25) is 0 Å². The zero-order chi connectivity index (χ0) is 9.68. The molecule has 1 radical (unpaired) electrons. The average molecular weight is 227 g/mol. The standard InChI is InChI=1S/C11H11.ClH.Ti/c1-2-9-7-10-5-3-4-6-11(10)8-9;;/h3-8H,2H2,1H3;1H;/q;;+1/p-1. The third-order valence-corrected chi connectivity index (χ3v) is 2.09. The molecule has 0 aliphatic heterocycles. The maximum absolute atomic E-state index is 4.64. The first-order valence-electron chi connectivity index (χ1n) is 4.23. The summed E-state index contributed by atoms with van der Waals surface area (Å²) < 4.78 is 0. The molecule has 1 aromatic rings. The Morgan fingerprint density at radius 3 is 2.31 bits per heavy atom. The van der Waals surface area contributed by atoms with E-state index in [-0.39, 0.29) is 0 Å². The Labute approximate surface area is 95.3 Å². The van der Waals surface area contributed by atoms with Crippen LogP contribution in [0.15, 0.2) is 29.8 Å². The van der Waals surface area contributed by atoms with Crippen molar-refractivity contribution in [2.24, 2.45) is 0 Å². The van der Waals surface area contributed by atoms with Crippen LogP contribution in [0.25, 0.3) is 6.08 Å². The minimum absolute atomic E-state index is 1.13. The molecule has 2 heteroatoms. The Balaban J connectivity index is 0.000000396. The first kappa shape index (κ1) is 11.0. The van der Waals surface area contributed by atoms with Crippen molar-refractivity contribution in [3.63, 3.8) is 0 Å². The van der Waals surface area contributed by atoms with E-state index in [1.807, 2.05) is 0 Å². The van der Waals surface area contributed by atoms with E-state index in [4.69, 9.17) is 0 Å². The Kier molecular flexibility index (Phi) is 4.79. The van der Waals surface area contributed by atoms with E-state index in [9.17, 15) is 0 Å². The monoisotopic (exact) mass is 226 g/mol. The third kappa shape index (κ3) is 2.70. The van der Waals surface area contributed by atoms with Crippen molar-refractivity contribution in [3.05, 3.63) is 47.4 Å². The number of allylic oxidation sites excluding steroid dienone is 1. The van der Waals surface area contributed by atoms with E-state index in [0.717, 1.165) is 6.42 Å². The van der Waals surface area contributed by atoms with Crippen molar-refractivity contribution in [2.45, 2.75) is 13.3 Å². The van der Waals surface area contributed by atoms with Gasteiger partial charge in [-0.25, -0.2) is 0 Å². The third-order valence-electron chi connectivity index (χ3n) is 2.09. The van der Waals surface area contributed by atoms with Gasteiger partial charge in [-0.05, 0) is 17.5 Å². The summed E-state index contributed by atoms with van der Waals surface area (Å²) in [6.07, 6.45) is 5.65. The van der Waals surface area contributed by atoms with Crippen LogP contribution in [0.2, 0.25) is 0 Å². The molecule has 0 saturated heterocycles. The predicted octanol–water partition coefficient (Wildman–Crippen LogP) is 3.73. The normalized spacial score (nSPS) is 12.5. The predicted molar refractivity (Wildman–Crippen MR) is 54.0 cm³/mol. The van der Waals surface area contributed by atoms with Gasteiger partial charge in [0.1, 0.15) is 0 Å². The molecule has 0 heterocycles. The second-order valence-electron chi connectivity index (χ2n) is 2.85. The van der Waals surface area contributed by atoms with E-state index in [2.05, 4.69) is 53.0 Å². The van der Waals surface area contributed by atoms with Crippen molar-refractivity contribution in [1.29, 1.82) is 0 Å². The molecule has 0 saturated carbocycles. The van der Waals surface area contributed by atoms with Gasteiger partial charge < -0.3 is 0 Å². The van der Waals surface area contributed by atoms with Gasteiger partial charge in [0.25, 0.3) is 0 Å². The van der Waals surface area contributed by atoms with E-state index in [1.54, 1.807) is 0 Å². The van der Waals surface area contributed by atoms with Gasteiger partial charge in [0.15, 0.2) is 0 Å². The molecule has 0 unspecified atom stereocenters. The van der Waals surface area contributed by atoms with Crippen LogP contribution in [0.3, 0.4) is 0 Å². The Bertz CT molecular complexity index is 305. The van der Waals surface area contributed by atoms with Crippen molar-refractivity contribution in [2.75, 3.05) is 0 Å². The molecular weight excluding hydrogens is 215 g/mol. The quantitative estimate of drug-likeness (QED) is 0.640. The number of hydrogen-bond acceptors (Lipinski definition) is 0. The maximum atomic E-state index is 4.64. The van der Waals surface area contributed by atoms with Crippen molar-refractivity contribution in [3.8, 4) is 0 Å². The Morgan fingerprint density at radius 2 is 1.77 bits per heavy atom. The number of halogens is 1. The summed E-state index contributed by atoms with van der Waals surface area (Å²) in [7, 11) is 4.64. The zero-order valence-corrected chi connectivity index (χ0v) is 9.87. The van der Waals surface area contributed by atoms with Gasteiger partial charge in [-0.15, -0.1) is 0 Å². The number of fused-ring (bicyclic) bond motifs is 1. The van der Waals surface area contributed by atoms with E-state index < -0.39 is 0 Å². The van der Waals surface area contributed by atoms with Crippen molar-refractivity contribution < 1.29 is 19.4 Å². The molecule has 2 rings (SSSR count). The fraction of sp³-hybridized carbons (Fsp3) is 0.182. The van der Waals surface area contributed by atoms with Crippen LogP contribution in [-0.2, 0) is 19.4 Å². The van der Waals surface area contributed by atoms with Crippen molar-refractivity contribution >= 4 is 15.4 Å². The summed E-state index contributed by atoms with van der Waals surface area (Å²) in [6.45, 7) is 2.19. The molecule has 0 bridgehead atoms. The molecule has 13 heavy (non-hydrogen) atoms. The van der Waals surface area contributed by atoms with E-state index in [0.29, 0.717) is 0 Å². The summed E-state index contributed by atoms with van der Waals surface area (Å²) in [5, 5.41) is 0. The number of benzene rings is 1. The van der Waals surface area contributed by atoms with Crippen LogP contribution in [0.5, 0.6) is 0 Å². The fourth-order valence-electron chi connectivity index (χ4n) is 1.42.